The van der Waals surface area contributed by atoms with Crippen LogP contribution in [0.4, 0.5) is 5.69 Å². The molecule has 2 heterocycles. The minimum Gasteiger partial charge on any atom is -0.337 e. The number of anilines is 1. The number of amides is 2. The van der Waals surface area contributed by atoms with E-state index in [1.807, 2.05) is 27.4 Å². The standard InChI is InChI=1S/C17H20N4O2S/c22-16(4-6-20-7-5-18-13-20)19-15-3-1-2-14(12-15)17(23)21-8-10-24-11-9-21/h1-3,5,7,12-13H,4,6,8-11H2,(H,19,22). The van der Waals surface area contributed by atoms with Crippen LogP contribution in [-0.4, -0.2) is 50.9 Å². The Morgan fingerprint density at radius 2 is 2.08 bits per heavy atom. The highest BCUT2D eigenvalue weighted by Gasteiger charge is 2.18. The fourth-order valence-electron chi connectivity index (χ4n) is 2.55. The number of nitrogens with one attached hydrogen (secondary N) is 1. The van der Waals surface area contributed by atoms with Crippen molar-refractivity contribution >= 4 is 29.3 Å². The van der Waals surface area contributed by atoms with Crippen molar-refractivity contribution in [1.29, 1.82) is 0 Å². The molecule has 6 nitrogen and oxygen atoms in total. The number of thioether (sulfide) groups is 1. The maximum Gasteiger partial charge on any atom is 0.253 e. The quantitative estimate of drug-likeness (QED) is 0.902. The first-order valence-corrected chi connectivity index (χ1v) is 9.10. The Hall–Kier alpha value is -2.28. The van der Waals surface area contributed by atoms with Crippen molar-refractivity contribution in [1.82, 2.24) is 14.5 Å². The van der Waals surface area contributed by atoms with Gasteiger partial charge in [0.05, 0.1) is 6.33 Å². The van der Waals surface area contributed by atoms with Crippen LogP contribution in [0.5, 0.6) is 0 Å². The average Bonchev–Trinajstić information content (AvgIpc) is 3.14. The molecule has 0 spiro atoms. The van der Waals surface area contributed by atoms with Crippen molar-refractivity contribution in [2.75, 3.05) is 29.9 Å². The molecule has 24 heavy (non-hydrogen) atoms. The zero-order valence-electron chi connectivity index (χ0n) is 13.4. The second-order valence-electron chi connectivity index (χ2n) is 5.58. The van der Waals surface area contributed by atoms with E-state index >= 15 is 0 Å². The fourth-order valence-corrected chi connectivity index (χ4v) is 3.46. The molecular weight excluding hydrogens is 324 g/mol. The number of imidazole rings is 1. The van der Waals surface area contributed by atoms with E-state index in [0.29, 0.717) is 24.2 Å². The van der Waals surface area contributed by atoms with Gasteiger partial charge in [-0.15, -0.1) is 0 Å². The Morgan fingerprint density at radius 3 is 2.83 bits per heavy atom. The predicted octanol–water partition coefficient (Wildman–Crippen LogP) is 2.10. The number of benzene rings is 1. The molecule has 0 unspecified atom stereocenters. The predicted molar refractivity (Wildman–Crippen MR) is 95.1 cm³/mol. The summed E-state index contributed by atoms with van der Waals surface area (Å²) in [7, 11) is 0. The smallest absolute Gasteiger partial charge is 0.253 e. The summed E-state index contributed by atoms with van der Waals surface area (Å²) in [6, 6.07) is 7.15. The number of aryl methyl sites for hydroxylation is 1. The Labute approximate surface area is 145 Å². The summed E-state index contributed by atoms with van der Waals surface area (Å²) in [5.74, 6) is 1.92. The van der Waals surface area contributed by atoms with Crippen LogP contribution in [0.3, 0.4) is 0 Å². The van der Waals surface area contributed by atoms with E-state index in [-0.39, 0.29) is 11.8 Å². The van der Waals surface area contributed by atoms with Gasteiger partial charge in [-0.2, -0.15) is 11.8 Å². The molecule has 1 N–H and O–H groups in total. The van der Waals surface area contributed by atoms with Crippen molar-refractivity contribution in [3.63, 3.8) is 0 Å². The Morgan fingerprint density at radius 1 is 1.25 bits per heavy atom. The van der Waals surface area contributed by atoms with Gasteiger partial charge in [0, 0.05) is 61.2 Å². The van der Waals surface area contributed by atoms with E-state index in [1.165, 1.54) is 0 Å². The van der Waals surface area contributed by atoms with Crippen LogP contribution in [0, 0.1) is 0 Å². The van der Waals surface area contributed by atoms with Crippen LogP contribution < -0.4 is 5.32 Å². The molecule has 0 aliphatic carbocycles. The third-order valence-electron chi connectivity index (χ3n) is 3.85. The monoisotopic (exact) mass is 344 g/mol. The lowest BCUT2D eigenvalue weighted by molar-refractivity contribution is -0.116. The molecule has 2 amide bonds. The van der Waals surface area contributed by atoms with Crippen LogP contribution in [0.15, 0.2) is 43.0 Å². The number of nitrogens with zero attached hydrogens (tertiary/aromatic N) is 3. The van der Waals surface area contributed by atoms with Crippen molar-refractivity contribution in [2.45, 2.75) is 13.0 Å². The lowest BCUT2D eigenvalue weighted by Crippen LogP contribution is -2.37. The van der Waals surface area contributed by atoms with E-state index in [1.54, 1.807) is 36.8 Å². The van der Waals surface area contributed by atoms with E-state index in [4.69, 9.17) is 0 Å². The lowest BCUT2D eigenvalue weighted by atomic mass is 10.1. The Kier molecular flexibility index (Phi) is 5.53. The molecule has 1 aromatic carbocycles. The van der Waals surface area contributed by atoms with Gasteiger partial charge in [-0.3, -0.25) is 9.59 Å². The summed E-state index contributed by atoms with van der Waals surface area (Å²) >= 11 is 1.87. The molecule has 126 valence electrons. The number of carbonyl (C=O) groups is 2. The molecule has 1 aliphatic heterocycles. The number of hydrogen-bond donors (Lipinski definition) is 1. The van der Waals surface area contributed by atoms with Crippen LogP contribution in [0.25, 0.3) is 0 Å². The van der Waals surface area contributed by atoms with Gasteiger partial charge in [-0.25, -0.2) is 4.98 Å². The first-order chi connectivity index (χ1) is 11.7. The molecule has 0 radical (unpaired) electrons. The minimum absolute atomic E-state index is 0.0322. The van der Waals surface area contributed by atoms with Crippen molar-refractivity contribution in [3.8, 4) is 0 Å². The zero-order valence-corrected chi connectivity index (χ0v) is 14.2. The second-order valence-corrected chi connectivity index (χ2v) is 6.81. The third kappa shape index (κ3) is 4.38. The molecule has 1 aromatic heterocycles. The first-order valence-electron chi connectivity index (χ1n) is 7.95. The van der Waals surface area contributed by atoms with Gasteiger partial charge in [-0.05, 0) is 18.2 Å². The van der Waals surface area contributed by atoms with Crippen molar-refractivity contribution < 1.29 is 9.59 Å². The van der Waals surface area contributed by atoms with Crippen LogP contribution in [-0.2, 0) is 11.3 Å². The Bertz CT molecular complexity index is 696. The molecule has 2 aromatic rings. The van der Waals surface area contributed by atoms with Crippen molar-refractivity contribution in [2.24, 2.45) is 0 Å². The summed E-state index contributed by atoms with van der Waals surface area (Å²) in [4.78, 5) is 30.4. The van der Waals surface area contributed by atoms with Crippen LogP contribution in [0.1, 0.15) is 16.8 Å². The fraction of sp³-hybridized carbons (Fsp3) is 0.353. The van der Waals surface area contributed by atoms with E-state index in [9.17, 15) is 9.59 Å². The average molecular weight is 344 g/mol. The SMILES string of the molecule is O=C(CCn1ccnc1)Nc1cccc(C(=O)N2CCSCC2)c1. The molecule has 1 aliphatic rings. The van der Waals surface area contributed by atoms with Gasteiger partial charge in [0.15, 0.2) is 0 Å². The van der Waals surface area contributed by atoms with E-state index in [0.717, 1.165) is 24.6 Å². The molecule has 1 fully saturated rings. The number of rotatable bonds is 5. The van der Waals surface area contributed by atoms with Gasteiger partial charge in [0.25, 0.3) is 5.91 Å². The summed E-state index contributed by atoms with van der Waals surface area (Å²) < 4.78 is 1.86. The van der Waals surface area contributed by atoms with Gasteiger partial charge in [0.1, 0.15) is 0 Å². The number of aromatic nitrogens is 2. The van der Waals surface area contributed by atoms with E-state index < -0.39 is 0 Å². The molecule has 7 heteroatoms. The molecule has 3 rings (SSSR count). The second kappa shape index (κ2) is 8.01. The molecule has 0 bridgehead atoms. The lowest BCUT2D eigenvalue weighted by Gasteiger charge is -2.26. The van der Waals surface area contributed by atoms with Gasteiger partial charge < -0.3 is 14.8 Å². The maximum atomic E-state index is 12.5. The third-order valence-corrected chi connectivity index (χ3v) is 4.79. The summed E-state index contributed by atoms with van der Waals surface area (Å²) in [5, 5.41) is 2.86. The zero-order chi connectivity index (χ0) is 16.8. The summed E-state index contributed by atoms with van der Waals surface area (Å²) in [6.45, 7) is 2.14. The largest absolute Gasteiger partial charge is 0.337 e. The highest BCUT2D eigenvalue weighted by Crippen LogP contribution is 2.16. The highest BCUT2D eigenvalue weighted by molar-refractivity contribution is 7.99. The van der Waals surface area contributed by atoms with Gasteiger partial charge in [0.2, 0.25) is 5.91 Å². The first kappa shape index (κ1) is 16.6. The number of hydrogen-bond acceptors (Lipinski definition) is 4. The topological polar surface area (TPSA) is 67.2 Å². The van der Waals surface area contributed by atoms with Gasteiger partial charge in [-0.1, -0.05) is 6.07 Å². The summed E-state index contributed by atoms with van der Waals surface area (Å²) in [6.07, 6.45) is 5.55. The maximum absolute atomic E-state index is 12.5. The van der Waals surface area contributed by atoms with E-state index in [2.05, 4.69) is 10.3 Å². The minimum atomic E-state index is -0.0809. The van der Waals surface area contributed by atoms with Crippen LogP contribution >= 0.6 is 11.8 Å². The molecule has 0 atom stereocenters. The highest BCUT2D eigenvalue weighted by atomic mass is 32.2. The molecular formula is C17H20N4O2S. The van der Waals surface area contributed by atoms with Crippen LogP contribution in [0.2, 0.25) is 0 Å². The van der Waals surface area contributed by atoms with Crippen molar-refractivity contribution in [3.05, 3.63) is 48.5 Å². The molecule has 1 saturated heterocycles. The molecule has 0 saturated carbocycles. The van der Waals surface area contributed by atoms with Gasteiger partial charge >= 0.3 is 0 Å². The Balaban J connectivity index is 1.58. The number of carbonyl (C=O) groups excluding carboxylic acids is 2. The summed E-state index contributed by atoms with van der Waals surface area (Å²) in [5.41, 5.74) is 1.28. The normalized spacial score (nSPS) is 14.4.